The van der Waals surface area contributed by atoms with Crippen molar-refractivity contribution in [3.05, 3.63) is 42.0 Å². The second-order valence-corrected chi connectivity index (χ2v) is 4.35. The summed E-state index contributed by atoms with van der Waals surface area (Å²) in [5, 5.41) is 4.01. The van der Waals surface area contributed by atoms with Gasteiger partial charge in [-0.25, -0.2) is 5.43 Å². The maximum absolute atomic E-state index is 11.3. The molecule has 4 heteroatoms. The summed E-state index contributed by atoms with van der Waals surface area (Å²) in [6.07, 6.45) is 1.80. The molecule has 0 unspecified atom stereocenters. The molecule has 0 aliphatic carbocycles. The molecule has 0 bridgehead atoms. The topological polar surface area (TPSA) is 41.5 Å². The smallest absolute Gasteiger partial charge is 0.267 e. The lowest BCUT2D eigenvalue weighted by atomic mass is 10.2. The minimum Gasteiger partial charge on any atom is -0.267 e. The fourth-order valence-electron chi connectivity index (χ4n) is 1.45. The van der Waals surface area contributed by atoms with E-state index in [1.165, 1.54) is 4.90 Å². The zero-order valence-electron chi connectivity index (χ0n) is 8.93. The van der Waals surface area contributed by atoms with Crippen molar-refractivity contribution in [3.63, 3.8) is 0 Å². The molecule has 16 heavy (non-hydrogen) atoms. The van der Waals surface area contributed by atoms with Crippen molar-refractivity contribution in [2.45, 2.75) is 11.8 Å². The third-order valence-corrected chi connectivity index (χ3v) is 3.28. The first-order chi connectivity index (χ1) is 7.81. The molecule has 0 atom stereocenters. The van der Waals surface area contributed by atoms with Crippen LogP contribution in [-0.2, 0) is 4.79 Å². The summed E-state index contributed by atoms with van der Waals surface area (Å²) >= 11 is 1.67. The number of hydrogen-bond acceptors (Lipinski definition) is 3. The minimum atomic E-state index is -0.105. The van der Waals surface area contributed by atoms with Crippen LogP contribution in [0.15, 0.2) is 52.0 Å². The van der Waals surface area contributed by atoms with E-state index < -0.39 is 0 Å². The van der Waals surface area contributed by atoms with E-state index in [0.717, 1.165) is 5.71 Å². The molecular formula is C12H12N2OS. The molecular weight excluding hydrogens is 220 g/mol. The Labute approximate surface area is 98.6 Å². The first kappa shape index (κ1) is 11.0. The number of nitrogens with one attached hydrogen (secondary N) is 1. The molecule has 0 aromatic heterocycles. The number of benzene rings is 1. The molecule has 2 rings (SSSR count). The SMILES string of the molecule is C/C=C1\C(=O)NN=C1CSc1ccccc1. The largest absolute Gasteiger partial charge is 0.272 e. The van der Waals surface area contributed by atoms with Crippen molar-refractivity contribution in [1.29, 1.82) is 0 Å². The quantitative estimate of drug-likeness (QED) is 0.641. The van der Waals surface area contributed by atoms with Gasteiger partial charge in [-0.15, -0.1) is 11.8 Å². The fraction of sp³-hybridized carbons (Fsp3) is 0.167. The van der Waals surface area contributed by atoms with Crippen LogP contribution in [-0.4, -0.2) is 17.4 Å². The minimum absolute atomic E-state index is 0.105. The van der Waals surface area contributed by atoms with Crippen LogP contribution in [0.25, 0.3) is 0 Å². The summed E-state index contributed by atoms with van der Waals surface area (Å²) in [5.41, 5.74) is 3.98. The summed E-state index contributed by atoms with van der Waals surface area (Å²) in [6.45, 7) is 1.85. The highest BCUT2D eigenvalue weighted by atomic mass is 32.2. The number of carbonyl (C=O) groups is 1. The maximum atomic E-state index is 11.3. The van der Waals surface area contributed by atoms with Crippen LogP contribution in [0.1, 0.15) is 6.92 Å². The van der Waals surface area contributed by atoms with Gasteiger partial charge >= 0.3 is 0 Å². The average Bonchev–Trinajstić information content (AvgIpc) is 2.68. The molecule has 0 radical (unpaired) electrons. The van der Waals surface area contributed by atoms with E-state index in [0.29, 0.717) is 11.3 Å². The second kappa shape index (κ2) is 4.99. The summed E-state index contributed by atoms with van der Waals surface area (Å²) in [5.74, 6) is 0.605. The van der Waals surface area contributed by atoms with Gasteiger partial charge < -0.3 is 0 Å². The first-order valence-corrected chi connectivity index (χ1v) is 6.01. The van der Waals surface area contributed by atoms with Crippen molar-refractivity contribution < 1.29 is 4.79 Å². The Morgan fingerprint density at radius 2 is 2.12 bits per heavy atom. The summed E-state index contributed by atoms with van der Waals surface area (Å²) in [4.78, 5) is 12.5. The van der Waals surface area contributed by atoms with E-state index in [1.54, 1.807) is 17.8 Å². The van der Waals surface area contributed by atoms with E-state index in [-0.39, 0.29) is 5.91 Å². The van der Waals surface area contributed by atoms with Gasteiger partial charge in [0.25, 0.3) is 5.91 Å². The van der Waals surface area contributed by atoms with E-state index in [2.05, 4.69) is 10.5 Å². The normalized spacial score (nSPS) is 17.4. The number of hydrogen-bond donors (Lipinski definition) is 1. The number of carbonyl (C=O) groups excluding carboxylic acids is 1. The second-order valence-electron chi connectivity index (χ2n) is 3.30. The molecule has 1 aliphatic rings. The van der Waals surface area contributed by atoms with Crippen LogP contribution in [0.3, 0.4) is 0 Å². The molecule has 1 heterocycles. The lowest BCUT2D eigenvalue weighted by Crippen LogP contribution is -2.13. The molecule has 1 N–H and O–H groups in total. The van der Waals surface area contributed by atoms with Crippen LogP contribution in [0.2, 0.25) is 0 Å². The van der Waals surface area contributed by atoms with Crippen LogP contribution in [0, 0.1) is 0 Å². The van der Waals surface area contributed by atoms with Gasteiger partial charge in [0.1, 0.15) is 0 Å². The third kappa shape index (κ3) is 2.33. The lowest BCUT2D eigenvalue weighted by Gasteiger charge is -2.01. The first-order valence-electron chi connectivity index (χ1n) is 5.02. The number of hydrazone groups is 1. The standard InChI is InChI=1S/C12H12N2OS/c1-2-10-11(13-14-12(10)15)8-16-9-6-4-3-5-7-9/h2-7H,8H2,1H3,(H,14,15)/b10-2-. The van der Waals surface area contributed by atoms with E-state index in [1.807, 2.05) is 37.3 Å². The van der Waals surface area contributed by atoms with Crippen LogP contribution >= 0.6 is 11.8 Å². The van der Waals surface area contributed by atoms with Gasteiger partial charge in [-0.05, 0) is 19.1 Å². The molecule has 1 amide bonds. The molecule has 82 valence electrons. The lowest BCUT2D eigenvalue weighted by molar-refractivity contribution is -0.116. The summed E-state index contributed by atoms with van der Waals surface area (Å²) in [6, 6.07) is 10.1. The predicted molar refractivity (Wildman–Crippen MR) is 66.5 cm³/mol. The number of rotatable bonds is 3. The molecule has 1 aliphatic heterocycles. The molecule has 0 fully saturated rings. The Balaban J connectivity index is 2.00. The van der Waals surface area contributed by atoms with E-state index >= 15 is 0 Å². The van der Waals surface area contributed by atoms with Gasteiger partial charge in [-0.3, -0.25) is 4.79 Å². The number of allylic oxidation sites excluding steroid dienone is 1. The van der Waals surface area contributed by atoms with Crippen molar-refractivity contribution in [3.8, 4) is 0 Å². The Morgan fingerprint density at radius 3 is 2.81 bits per heavy atom. The van der Waals surface area contributed by atoms with Gasteiger partial charge in [0.15, 0.2) is 0 Å². The number of thioether (sulfide) groups is 1. The third-order valence-electron chi connectivity index (χ3n) is 2.26. The van der Waals surface area contributed by atoms with Gasteiger partial charge in [-0.2, -0.15) is 5.10 Å². The highest BCUT2D eigenvalue weighted by Crippen LogP contribution is 2.20. The summed E-state index contributed by atoms with van der Waals surface area (Å²) in [7, 11) is 0. The molecule has 0 saturated carbocycles. The Bertz CT molecular complexity index is 451. The molecule has 0 saturated heterocycles. The van der Waals surface area contributed by atoms with Crippen molar-refractivity contribution >= 4 is 23.4 Å². The maximum Gasteiger partial charge on any atom is 0.272 e. The van der Waals surface area contributed by atoms with Crippen LogP contribution in [0.4, 0.5) is 0 Å². The summed E-state index contributed by atoms with van der Waals surface area (Å²) < 4.78 is 0. The number of amides is 1. The van der Waals surface area contributed by atoms with Crippen LogP contribution < -0.4 is 5.43 Å². The Hall–Kier alpha value is -1.55. The van der Waals surface area contributed by atoms with Gasteiger partial charge in [0, 0.05) is 10.6 Å². The Kier molecular flexibility index (Phi) is 3.41. The number of nitrogens with zero attached hydrogens (tertiary/aromatic N) is 1. The zero-order chi connectivity index (χ0) is 11.4. The van der Waals surface area contributed by atoms with E-state index in [9.17, 15) is 4.79 Å². The predicted octanol–water partition coefficient (Wildman–Crippen LogP) is 2.21. The van der Waals surface area contributed by atoms with Crippen molar-refractivity contribution in [2.24, 2.45) is 5.10 Å². The monoisotopic (exact) mass is 232 g/mol. The molecule has 3 nitrogen and oxygen atoms in total. The van der Waals surface area contributed by atoms with Crippen molar-refractivity contribution in [1.82, 2.24) is 5.43 Å². The Morgan fingerprint density at radius 1 is 1.38 bits per heavy atom. The van der Waals surface area contributed by atoms with E-state index in [4.69, 9.17) is 0 Å². The molecule has 1 aromatic carbocycles. The van der Waals surface area contributed by atoms with Crippen LogP contribution in [0.5, 0.6) is 0 Å². The van der Waals surface area contributed by atoms with Crippen molar-refractivity contribution in [2.75, 3.05) is 5.75 Å². The van der Waals surface area contributed by atoms with Gasteiger partial charge in [-0.1, -0.05) is 24.3 Å². The van der Waals surface area contributed by atoms with Gasteiger partial charge in [0.05, 0.1) is 11.3 Å². The highest BCUT2D eigenvalue weighted by Gasteiger charge is 2.21. The zero-order valence-corrected chi connectivity index (χ0v) is 9.75. The average molecular weight is 232 g/mol. The highest BCUT2D eigenvalue weighted by molar-refractivity contribution is 8.00. The molecule has 1 aromatic rings. The fourth-order valence-corrected chi connectivity index (χ4v) is 2.32. The van der Waals surface area contributed by atoms with Gasteiger partial charge in [0.2, 0.25) is 0 Å². The molecule has 0 spiro atoms.